The van der Waals surface area contributed by atoms with Gasteiger partial charge in [-0.05, 0) is 48.9 Å². The van der Waals surface area contributed by atoms with Crippen molar-refractivity contribution in [3.05, 3.63) is 90.0 Å². The number of ether oxygens (including phenoxy) is 1. The SMILES string of the molecule is Cc1cccc(OCCn2c(CCNC(=O)c3ccccn3)nc3ccccc32)c1. The summed E-state index contributed by atoms with van der Waals surface area (Å²) in [6, 6.07) is 21.4. The van der Waals surface area contributed by atoms with Gasteiger partial charge in [-0.3, -0.25) is 9.78 Å². The van der Waals surface area contributed by atoms with Crippen LogP contribution in [0.2, 0.25) is 0 Å². The molecule has 2 aromatic heterocycles. The van der Waals surface area contributed by atoms with E-state index in [4.69, 9.17) is 9.72 Å². The van der Waals surface area contributed by atoms with Crippen LogP contribution >= 0.6 is 0 Å². The number of imidazole rings is 1. The minimum absolute atomic E-state index is 0.180. The van der Waals surface area contributed by atoms with Gasteiger partial charge < -0.3 is 14.6 Å². The molecule has 4 rings (SSSR count). The highest BCUT2D eigenvalue weighted by Gasteiger charge is 2.12. The Labute approximate surface area is 175 Å². The van der Waals surface area contributed by atoms with E-state index in [1.165, 1.54) is 5.56 Å². The first-order valence-electron chi connectivity index (χ1n) is 10.0. The van der Waals surface area contributed by atoms with Crippen molar-refractivity contribution >= 4 is 16.9 Å². The zero-order chi connectivity index (χ0) is 20.8. The molecule has 0 unspecified atom stereocenters. The first-order valence-corrected chi connectivity index (χ1v) is 10.0. The lowest BCUT2D eigenvalue weighted by Crippen LogP contribution is -2.27. The quantitative estimate of drug-likeness (QED) is 0.489. The number of aryl methyl sites for hydroxylation is 1. The highest BCUT2D eigenvalue weighted by molar-refractivity contribution is 5.92. The number of amides is 1. The average molecular weight is 400 g/mol. The number of nitrogens with one attached hydrogen (secondary N) is 1. The fourth-order valence-electron chi connectivity index (χ4n) is 3.40. The Hall–Kier alpha value is -3.67. The van der Waals surface area contributed by atoms with Crippen molar-refractivity contribution in [2.24, 2.45) is 0 Å². The maximum atomic E-state index is 12.2. The molecule has 0 aliphatic heterocycles. The molecule has 0 saturated heterocycles. The van der Waals surface area contributed by atoms with Crippen molar-refractivity contribution in [3.8, 4) is 5.75 Å². The van der Waals surface area contributed by atoms with Crippen LogP contribution < -0.4 is 10.1 Å². The molecule has 2 heterocycles. The number of nitrogens with zero attached hydrogens (tertiary/aromatic N) is 3. The van der Waals surface area contributed by atoms with Gasteiger partial charge in [0.05, 0.1) is 17.6 Å². The molecule has 152 valence electrons. The molecule has 1 N–H and O–H groups in total. The Morgan fingerprint density at radius 3 is 2.77 bits per heavy atom. The van der Waals surface area contributed by atoms with Gasteiger partial charge in [-0.25, -0.2) is 4.98 Å². The van der Waals surface area contributed by atoms with Gasteiger partial charge in [0.15, 0.2) is 0 Å². The van der Waals surface area contributed by atoms with Crippen LogP contribution in [0, 0.1) is 6.92 Å². The molecule has 0 radical (unpaired) electrons. The van der Waals surface area contributed by atoms with Gasteiger partial charge >= 0.3 is 0 Å². The molecule has 2 aromatic carbocycles. The van der Waals surface area contributed by atoms with Crippen LogP contribution in [0.25, 0.3) is 11.0 Å². The molecular weight excluding hydrogens is 376 g/mol. The first-order chi connectivity index (χ1) is 14.7. The standard InChI is InChI=1S/C24H24N4O2/c1-18-7-6-8-19(17-18)30-16-15-28-22-11-3-2-9-20(22)27-23(28)12-14-26-24(29)21-10-4-5-13-25-21/h2-11,13,17H,12,14-16H2,1H3,(H,26,29). The van der Waals surface area contributed by atoms with E-state index in [0.29, 0.717) is 31.8 Å². The number of carbonyl (C=O) groups is 1. The Balaban J connectivity index is 1.43. The van der Waals surface area contributed by atoms with Gasteiger partial charge in [-0.1, -0.05) is 30.3 Å². The molecule has 6 heteroatoms. The summed E-state index contributed by atoms with van der Waals surface area (Å²) in [5.41, 5.74) is 3.60. The van der Waals surface area contributed by atoms with Crippen molar-refractivity contribution in [1.29, 1.82) is 0 Å². The predicted molar refractivity (Wildman–Crippen MR) is 117 cm³/mol. The van der Waals surface area contributed by atoms with Crippen LogP contribution in [-0.4, -0.2) is 33.6 Å². The fourth-order valence-corrected chi connectivity index (χ4v) is 3.40. The second-order valence-electron chi connectivity index (χ2n) is 7.05. The second kappa shape index (κ2) is 9.22. The van der Waals surface area contributed by atoms with Gasteiger partial charge in [0.2, 0.25) is 0 Å². The van der Waals surface area contributed by atoms with Gasteiger partial charge in [0.1, 0.15) is 23.9 Å². The molecule has 0 aliphatic rings. The molecule has 0 spiro atoms. The monoisotopic (exact) mass is 400 g/mol. The first kappa shape index (κ1) is 19.6. The third kappa shape index (κ3) is 4.66. The van der Waals surface area contributed by atoms with Crippen molar-refractivity contribution in [3.63, 3.8) is 0 Å². The summed E-state index contributed by atoms with van der Waals surface area (Å²) in [4.78, 5) is 21.1. The average Bonchev–Trinajstić information content (AvgIpc) is 3.12. The molecule has 0 aliphatic carbocycles. The fraction of sp³-hybridized carbons (Fsp3) is 0.208. The molecule has 0 atom stereocenters. The number of rotatable bonds is 8. The zero-order valence-electron chi connectivity index (χ0n) is 16.9. The van der Waals surface area contributed by atoms with Crippen LogP contribution in [0.1, 0.15) is 21.9 Å². The molecule has 0 bridgehead atoms. The molecule has 30 heavy (non-hydrogen) atoms. The van der Waals surface area contributed by atoms with E-state index in [1.54, 1.807) is 24.4 Å². The lowest BCUT2D eigenvalue weighted by atomic mass is 10.2. The third-order valence-electron chi connectivity index (χ3n) is 4.84. The van der Waals surface area contributed by atoms with Gasteiger partial charge in [0, 0.05) is 19.2 Å². The van der Waals surface area contributed by atoms with E-state index in [2.05, 4.69) is 20.9 Å². The van der Waals surface area contributed by atoms with Crippen molar-refractivity contribution in [2.75, 3.05) is 13.2 Å². The van der Waals surface area contributed by atoms with Crippen LogP contribution in [0.4, 0.5) is 0 Å². The van der Waals surface area contributed by atoms with Gasteiger partial charge in [0.25, 0.3) is 5.91 Å². The highest BCUT2D eigenvalue weighted by Crippen LogP contribution is 2.17. The number of pyridine rings is 1. The Morgan fingerprint density at radius 2 is 1.93 bits per heavy atom. The van der Waals surface area contributed by atoms with E-state index < -0.39 is 0 Å². The minimum atomic E-state index is -0.180. The van der Waals surface area contributed by atoms with Crippen molar-refractivity contribution in [1.82, 2.24) is 19.9 Å². The molecule has 1 amide bonds. The molecule has 0 saturated carbocycles. The molecular formula is C24H24N4O2. The van der Waals surface area contributed by atoms with E-state index in [1.807, 2.05) is 49.4 Å². The van der Waals surface area contributed by atoms with Crippen molar-refractivity contribution in [2.45, 2.75) is 19.9 Å². The van der Waals surface area contributed by atoms with Crippen LogP contribution in [0.3, 0.4) is 0 Å². The Kier molecular flexibility index (Phi) is 6.03. The maximum Gasteiger partial charge on any atom is 0.269 e. The van der Waals surface area contributed by atoms with Gasteiger partial charge in [-0.15, -0.1) is 0 Å². The van der Waals surface area contributed by atoms with E-state index in [-0.39, 0.29) is 5.91 Å². The number of fused-ring (bicyclic) bond motifs is 1. The summed E-state index contributed by atoms with van der Waals surface area (Å²) in [6.45, 7) is 3.75. The van der Waals surface area contributed by atoms with E-state index in [9.17, 15) is 4.79 Å². The smallest absolute Gasteiger partial charge is 0.269 e. The van der Waals surface area contributed by atoms with Crippen LogP contribution in [-0.2, 0) is 13.0 Å². The third-order valence-corrected chi connectivity index (χ3v) is 4.84. The Morgan fingerprint density at radius 1 is 1.07 bits per heavy atom. The normalized spacial score (nSPS) is 10.8. The highest BCUT2D eigenvalue weighted by atomic mass is 16.5. The maximum absolute atomic E-state index is 12.2. The predicted octanol–water partition coefficient (Wildman–Crippen LogP) is 3.79. The summed E-state index contributed by atoms with van der Waals surface area (Å²) in [7, 11) is 0. The lowest BCUT2D eigenvalue weighted by Gasteiger charge is -2.11. The van der Waals surface area contributed by atoms with Gasteiger partial charge in [-0.2, -0.15) is 0 Å². The largest absolute Gasteiger partial charge is 0.492 e. The van der Waals surface area contributed by atoms with E-state index in [0.717, 1.165) is 22.6 Å². The number of carbonyl (C=O) groups excluding carboxylic acids is 1. The number of hydrogen-bond acceptors (Lipinski definition) is 4. The van der Waals surface area contributed by atoms with E-state index >= 15 is 0 Å². The summed E-state index contributed by atoms with van der Waals surface area (Å²) in [5, 5.41) is 2.92. The van der Waals surface area contributed by atoms with Crippen molar-refractivity contribution < 1.29 is 9.53 Å². The second-order valence-corrected chi connectivity index (χ2v) is 7.05. The number of para-hydroxylation sites is 2. The zero-order valence-corrected chi connectivity index (χ0v) is 16.9. The summed E-state index contributed by atoms with van der Waals surface area (Å²) in [6.07, 6.45) is 2.24. The topological polar surface area (TPSA) is 69.0 Å². The summed E-state index contributed by atoms with van der Waals surface area (Å²) >= 11 is 0. The number of aromatic nitrogens is 3. The number of benzene rings is 2. The minimum Gasteiger partial charge on any atom is -0.492 e. The number of hydrogen-bond donors (Lipinski definition) is 1. The molecule has 0 fully saturated rings. The van der Waals surface area contributed by atoms with Crippen LogP contribution in [0.5, 0.6) is 5.75 Å². The molecule has 6 nitrogen and oxygen atoms in total. The van der Waals surface area contributed by atoms with Crippen LogP contribution in [0.15, 0.2) is 72.9 Å². The summed E-state index contributed by atoms with van der Waals surface area (Å²) < 4.78 is 8.10. The molecule has 4 aromatic rings. The summed E-state index contributed by atoms with van der Waals surface area (Å²) in [5.74, 6) is 1.61. The lowest BCUT2D eigenvalue weighted by molar-refractivity contribution is 0.0949. The Bertz CT molecular complexity index is 1140.